The Morgan fingerprint density at radius 2 is 2.04 bits per heavy atom. The molecule has 3 rings (SSSR count). The maximum Gasteiger partial charge on any atom is 0.262 e. The molecule has 0 saturated carbocycles. The number of carbonyl (C=O) groups is 2. The molecule has 2 aromatic rings. The van der Waals surface area contributed by atoms with Gasteiger partial charge >= 0.3 is 0 Å². The van der Waals surface area contributed by atoms with Gasteiger partial charge in [0.15, 0.2) is 6.61 Å². The molecule has 0 unspecified atom stereocenters. The first-order chi connectivity index (χ1) is 11.4. The van der Waals surface area contributed by atoms with Gasteiger partial charge in [-0.05, 0) is 42.0 Å². The Bertz CT molecular complexity index is 823. The number of nitrogens with one attached hydrogen (secondary N) is 1. The zero-order valence-electron chi connectivity index (χ0n) is 12.8. The third-order valence-corrected chi connectivity index (χ3v) is 4.22. The summed E-state index contributed by atoms with van der Waals surface area (Å²) < 4.78 is 5.39. The van der Waals surface area contributed by atoms with Crippen molar-refractivity contribution in [2.45, 2.75) is 6.42 Å². The van der Waals surface area contributed by atoms with Gasteiger partial charge in [0.25, 0.3) is 5.91 Å². The number of hydrogen-bond donors (Lipinski definition) is 1. The van der Waals surface area contributed by atoms with Gasteiger partial charge in [-0.3, -0.25) is 9.59 Å². The van der Waals surface area contributed by atoms with Crippen LogP contribution in [0.25, 0.3) is 0 Å². The number of benzene rings is 2. The van der Waals surface area contributed by atoms with Crippen molar-refractivity contribution < 1.29 is 14.3 Å². The Labute approximate surface area is 149 Å². The molecule has 5 nitrogen and oxygen atoms in total. The summed E-state index contributed by atoms with van der Waals surface area (Å²) in [5.74, 6) is 0.102. The third-order valence-electron chi connectivity index (χ3n) is 3.69. The molecule has 2 aromatic carbocycles. The van der Waals surface area contributed by atoms with E-state index in [1.54, 1.807) is 42.3 Å². The Balaban J connectivity index is 1.61. The van der Waals surface area contributed by atoms with Crippen LogP contribution in [-0.4, -0.2) is 25.5 Å². The van der Waals surface area contributed by atoms with Gasteiger partial charge in [-0.2, -0.15) is 0 Å². The molecule has 0 saturated heterocycles. The fourth-order valence-electron chi connectivity index (χ4n) is 2.48. The minimum atomic E-state index is -0.321. The van der Waals surface area contributed by atoms with Crippen molar-refractivity contribution in [3.05, 3.63) is 52.0 Å². The molecule has 1 aliphatic rings. The van der Waals surface area contributed by atoms with Crippen molar-refractivity contribution in [3.63, 3.8) is 0 Å². The van der Waals surface area contributed by atoms with Gasteiger partial charge in [0.1, 0.15) is 5.75 Å². The lowest BCUT2D eigenvalue weighted by Gasteiger charge is -2.12. The normalized spacial score (nSPS) is 13.0. The van der Waals surface area contributed by atoms with E-state index in [9.17, 15) is 9.59 Å². The number of rotatable bonds is 4. The first kappa shape index (κ1) is 16.6. The maximum absolute atomic E-state index is 12.0. The van der Waals surface area contributed by atoms with Gasteiger partial charge in [0, 0.05) is 23.4 Å². The molecule has 1 N–H and O–H groups in total. The zero-order valence-corrected chi connectivity index (χ0v) is 14.3. The van der Waals surface area contributed by atoms with Crippen LogP contribution in [0.1, 0.15) is 5.56 Å². The number of fused-ring (bicyclic) bond motifs is 1. The monoisotopic (exact) mass is 364 g/mol. The SMILES string of the molecule is CN1C(=O)Cc2cc(NC(=O)COc3ccc(Cl)cc3Cl)ccc21. The van der Waals surface area contributed by atoms with Gasteiger partial charge < -0.3 is 15.0 Å². The Kier molecular flexibility index (Phi) is 4.64. The number of nitrogens with zero attached hydrogens (tertiary/aromatic N) is 1. The van der Waals surface area contributed by atoms with E-state index in [1.807, 2.05) is 6.07 Å². The van der Waals surface area contributed by atoms with Crippen molar-refractivity contribution >= 4 is 46.4 Å². The van der Waals surface area contributed by atoms with Crippen molar-refractivity contribution in [2.24, 2.45) is 0 Å². The van der Waals surface area contributed by atoms with E-state index in [2.05, 4.69) is 5.32 Å². The highest BCUT2D eigenvalue weighted by Gasteiger charge is 2.24. The third kappa shape index (κ3) is 3.47. The van der Waals surface area contributed by atoms with Crippen LogP contribution in [-0.2, 0) is 16.0 Å². The highest BCUT2D eigenvalue weighted by molar-refractivity contribution is 6.35. The predicted octanol–water partition coefficient (Wildman–Crippen LogP) is 3.53. The molecule has 24 heavy (non-hydrogen) atoms. The van der Waals surface area contributed by atoms with Gasteiger partial charge in [-0.1, -0.05) is 23.2 Å². The lowest BCUT2D eigenvalue weighted by atomic mass is 10.1. The Morgan fingerprint density at radius 1 is 1.25 bits per heavy atom. The number of amides is 2. The molecule has 7 heteroatoms. The maximum atomic E-state index is 12.0. The summed E-state index contributed by atoms with van der Waals surface area (Å²) in [6.45, 7) is -0.183. The number of hydrogen-bond acceptors (Lipinski definition) is 3. The molecule has 0 bridgehead atoms. The second-order valence-corrected chi connectivity index (χ2v) is 6.23. The average molecular weight is 365 g/mol. The van der Waals surface area contributed by atoms with Gasteiger partial charge in [-0.15, -0.1) is 0 Å². The highest BCUT2D eigenvalue weighted by atomic mass is 35.5. The largest absolute Gasteiger partial charge is 0.482 e. The zero-order chi connectivity index (χ0) is 17.3. The van der Waals surface area contributed by atoms with Crippen LogP contribution in [0.5, 0.6) is 5.75 Å². The highest BCUT2D eigenvalue weighted by Crippen LogP contribution is 2.30. The van der Waals surface area contributed by atoms with Crippen LogP contribution in [0.4, 0.5) is 11.4 Å². The number of carbonyl (C=O) groups excluding carboxylic acids is 2. The van der Waals surface area contributed by atoms with Crippen molar-refractivity contribution in [1.29, 1.82) is 0 Å². The van der Waals surface area contributed by atoms with Crippen molar-refractivity contribution in [2.75, 3.05) is 23.9 Å². The molecule has 0 aliphatic carbocycles. The fraction of sp³-hybridized carbons (Fsp3) is 0.176. The van der Waals surface area contributed by atoms with Crippen LogP contribution >= 0.6 is 23.2 Å². The first-order valence-corrected chi connectivity index (χ1v) is 7.97. The smallest absolute Gasteiger partial charge is 0.262 e. The van der Waals surface area contributed by atoms with Crippen LogP contribution in [0, 0.1) is 0 Å². The molecular weight excluding hydrogens is 351 g/mol. The summed E-state index contributed by atoms with van der Waals surface area (Å²) in [5.41, 5.74) is 2.37. The van der Waals surface area contributed by atoms with Crippen LogP contribution in [0.2, 0.25) is 10.0 Å². The summed E-state index contributed by atoms with van der Waals surface area (Å²) in [6, 6.07) is 10.1. The van der Waals surface area contributed by atoms with Crippen molar-refractivity contribution in [3.8, 4) is 5.75 Å². The summed E-state index contributed by atoms with van der Waals surface area (Å²) in [5, 5.41) is 3.58. The topological polar surface area (TPSA) is 58.6 Å². The Hall–Kier alpha value is -2.24. The number of halogens is 2. The summed E-state index contributed by atoms with van der Waals surface area (Å²) in [6.07, 6.45) is 0.340. The average Bonchev–Trinajstić information content (AvgIpc) is 2.81. The van der Waals surface area contributed by atoms with E-state index in [0.29, 0.717) is 27.9 Å². The van der Waals surface area contributed by atoms with Crippen LogP contribution < -0.4 is 15.0 Å². The lowest BCUT2D eigenvalue weighted by molar-refractivity contribution is -0.118. The number of likely N-dealkylation sites (N-methyl/N-ethyl adjacent to an activating group) is 1. The van der Waals surface area contributed by atoms with Gasteiger partial charge in [-0.25, -0.2) is 0 Å². The first-order valence-electron chi connectivity index (χ1n) is 7.21. The van der Waals surface area contributed by atoms with Crippen molar-refractivity contribution in [1.82, 2.24) is 0 Å². The molecular formula is C17H14Cl2N2O3. The molecule has 0 spiro atoms. The van der Waals surface area contributed by atoms with E-state index in [0.717, 1.165) is 11.3 Å². The van der Waals surface area contributed by atoms with E-state index in [4.69, 9.17) is 27.9 Å². The molecule has 124 valence electrons. The molecule has 0 atom stereocenters. The lowest BCUT2D eigenvalue weighted by Crippen LogP contribution is -2.20. The van der Waals surface area contributed by atoms with Crippen LogP contribution in [0.3, 0.4) is 0 Å². The molecule has 0 radical (unpaired) electrons. The minimum Gasteiger partial charge on any atom is -0.482 e. The summed E-state index contributed by atoms with van der Waals surface area (Å²) in [4.78, 5) is 25.3. The van der Waals surface area contributed by atoms with E-state index >= 15 is 0 Å². The minimum absolute atomic E-state index is 0.0363. The molecule has 1 heterocycles. The second-order valence-electron chi connectivity index (χ2n) is 5.38. The number of ether oxygens (including phenoxy) is 1. The van der Waals surface area contributed by atoms with Gasteiger partial charge in [0.2, 0.25) is 5.91 Å². The summed E-state index contributed by atoms with van der Waals surface area (Å²) in [7, 11) is 1.73. The summed E-state index contributed by atoms with van der Waals surface area (Å²) >= 11 is 11.8. The number of anilines is 2. The molecule has 0 aromatic heterocycles. The quantitative estimate of drug-likeness (QED) is 0.902. The molecule has 1 aliphatic heterocycles. The van der Waals surface area contributed by atoms with Gasteiger partial charge in [0.05, 0.1) is 11.4 Å². The van der Waals surface area contributed by atoms with E-state index in [1.165, 1.54) is 0 Å². The Morgan fingerprint density at radius 3 is 2.79 bits per heavy atom. The predicted molar refractivity (Wildman–Crippen MR) is 94.1 cm³/mol. The fourth-order valence-corrected chi connectivity index (χ4v) is 2.94. The van der Waals surface area contributed by atoms with E-state index in [-0.39, 0.29) is 18.4 Å². The van der Waals surface area contributed by atoms with E-state index < -0.39 is 0 Å². The molecule has 0 fully saturated rings. The standard InChI is InChI=1S/C17H14Cl2N2O3/c1-21-14-4-3-12(6-10(14)7-17(21)23)20-16(22)9-24-15-5-2-11(18)8-13(15)19/h2-6,8H,7,9H2,1H3,(H,20,22). The second kappa shape index (κ2) is 6.71. The molecule has 2 amide bonds. The van der Waals surface area contributed by atoms with Crippen LogP contribution in [0.15, 0.2) is 36.4 Å².